The van der Waals surface area contributed by atoms with Gasteiger partial charge in [-0.3, -0.25) is 9.59 Å². The first-order valence-corrected chi connectivity index (χ1v) is 15.7. The van der Waals surface area contributed by atoms with Crippen molar-refractivity contribution in [1.29, 1.82) is 0 Å². The van der Waals surface area contributed by atoms with E-state index in [4.69, 9.17) is 4.74 Å². The molecule has 1 aromatic carbocycles. The van der Waals surface area contributed by atoms with Crippen LogP contribution in [0, 0.1) is 5.82 Å². The van der Waals surface area contributed by atoms with E-state index in [1.165, 1.54) is 13.2 Å². The quantitative estimate of drug-likeness (QED) is 0.212. The van der Waals surface area contributed by atoms with Crippen molar-refractivity contribution < 1.29 is 33.5 Å². The number of thioether (sulfide) groups is 1. The van der Waals surface area contributed by atoms with Crippen molar-refractivity contribution in [2.24, 2.45) is 0 Å². The number of anilines is 1. The number of hydrogen-bond acceptors (Lipinski definition) is 10. The summed E-state index contributed by atoms with van der Waals surface area (Å²) in [5.74, 6) is -0.0320. The number of pyridine rings is 1. The molecule has 2 fully saturated rings. The van der Waals surface area contributed by atoms with Gasteiger partial charge in [0, 0.05) is 43.7 Å². The van der Waals surface area contributed by atoms with Crippen molar-refractivity contribution in [3.8, 4) is 5.75 Å². The van der Waals surface area contributed by atoms with Gasteiger partial charge in [0.2, 0.25) is 10.5 Å². The first kappa shape index (κ1) is 28.6. The summed E-state index contributed by atoms with van der Waals surface area (Å²) >= 11 is 0.894. The lowest BCUT2D eigenvalue weighted by Crippen LogP contribution is -2.49. The van der Waals surface area contributed by atoms with Crippen molar-refractivity contribution in [2.75, 3.05) is 37.4 Å². The minimum atomic E-state index is -2.50. The van der Waals surface area contributed by atoms with Gasteiger partial charge in [-0.2, -0.15) is 0 Å². The number of piperazine rings is 1. The van der Waals surface area contributed by atoms with Crippen LogP contribution >= 0.6 is 28.5 Å². The van der Waals surface area contributed by atoms with Crippen molar-refractivity contribution >= 4 is 50.2 Å². The molecule has 1 aliphatic carbocycles. The van der Waals surface area contributed by atoms with Crippen LogP contribution in [0.4, 0.5) is 10.1 Å². The highest BCUT2D eigenvalue weighted by atomic mass is 32.2. The maximum atomic E-state index is 15.5. The molecule has 37 heavy (non-hydrogen) atoms. The smallest absolute Gasteiger partial charge is 0.224 e. The minimum absolute atomic E-state index is 0.0518. The Morgan fingerprint density at radius 2 is 2.00 bits per heavy atom. The highest BCUT2D eigenvalue weighted by Crippen LogP contribution is 2.51. The molecule has 204 valence electrons. The van der Waals surface area contributed by atoms with E-state index in [1.54, 1.807) is 6.20 Å². The summed E-state index contributed by atoms with van der Waals surface area (Å²) in [5.41, 5.74) is 0.188. The molecule has 1 aliphatic heterocycles. The fourth-order valence-corrected chi connectivity index (χ4v) is 7.05. The van der Waals surface area contributed by atoms with Crippen LogP contribution < -0.4 is 20.4 Å². The second-order valence-electron chi connectivity index (χ2n) is 9.35. The van der Waals surface area contributed by atoms with Gasteiger partial charge < -0.3 is 39.1 Å². The average Bonchev–Trinajstić information content (AvgIpc) is 3.68. The van der Waals surface area contributed by atoms with E-state index in [1.807, 2.05) is 16.4 Å². The van der Waals surface area contributed by atoms with E-state index in [2.05, 4.69) is 5.32 Å². The molecule has 1 aromatic heterocycles. The monoisotopic (exact) mass is 575 g/mol. The Kier molecular flexibility index (Phi) is 9.46. The Balaban J connectivity index is 1.66. The van der Waals surface area contributed by atoms with Crippen LogP contribution in [-0.2, 0) is 0 Å². The molecular weight excluding hydrogens is 543 g/mol. The van der Waals surface area contributed by atoms with Gasteiger partial charge in [-0.05, 0) is 38.7 Å². The summed E-state index contributed by atoms with van der Waals surface area (Å²) in [7, 11) is -3.54. The molecule has 1 saturated heterocycles. The van der Waals surface area contributed by atoms with E-state index in [-0.39, 0.29) is 35.2 Å². The summed E-state index contributed by atoms with van der Waals surface area (Å²) in [6.45, 7) is 3.89. The topological polar surface area (TPSA) is 144 Å². The van der Waals surface area contributed by atoms with Gasteiger partial charge in [0.15, 0.2) is 28.3 Å². The Hall–Kier alpha value is -1.36. The van der Waals surface area contributed by atoms with Crippen LogP contribution in [0.5, 0.6) is 5.75 Å². The molecule has 4 rings (SSSR count). The molecule has 1 saturated carbocycles. The van der Waals surface area contributed by atoms with E-state index in [0.717, 1.165) is 24.6 Å². The first-order chi connectivity index (χ1) is 17.6. The molecule has 0 bridgehead atoms. The van der Waals surface area contributed by atoms with Gasteiger partial charge >= 0.3 is 0 Å². The van der Waals surface area contributed by atoms with Crippen molar-refractivity contribution in [3.05, 3.63) is 33.9 Å². The number of nitrogens with one attached hydrogen (secondary N) is 1. The van der Waals surface area contributed by atoms with Crippen LogP contribution in [0.25, 0.3) is 10.9 Å². The first-order valence-electron chi connectivity index (χ1n) is 12.1. The fourth-order valence-electron chi connectivity index (χ4n) is 4.68. The van der Waals surface area contributed by atoms with Gasteiger partial charge in [0.05, 0.1) is 29.0 Å². The van der Waals surface area contributed by atoms with Crippen molar-refractivity contribution in [2.45, 2.75) is 50.1 Å². The van der Waals surface area contributed by atoms with E-state index >= 15 is 4.39 Å². The second kappa shape index (κ2) is 12.2. The summed E-state index contributed by atoms with van der Waals surface area (Å²) in [6.07, 6.45) is 3.73. The van der Waals surface area contributed by atoms with Crippen LogP contribution in [-0.4, -0.2) is 73.2 Å². The minimum Gasteiger partial charge on any atom is -0.492 e. The Labute approximate surface area is 220 Å². The van der Waals surface area contributed by atoms with Crippen LogP contribution in [0.3, 0.4) is 0 Å². The Morgan fingerprint density at radius 3 is 2.59 bits per heavy atom. The average molecular weight is 576 g/mol. The van der Waals surface area contributed by atoms with Crippen molar-refractivity contribution in [1.82, 2.24) is 9.88 Å². The molecular formula is C23H32FN3O7P2S. The molecule has 2 aliphatic rings. The third-order valence-electron chi connectivity index (χ3n) is 6.62. The zero-order valence-electron chi connectivity index (χ0n) is 20.6. The molecule has 0 amide bonds. The van der Waals surface area contributed by atoms with Gasteiger partial charge in [-0.25, -0.2) is 4.39 Å². The predicted molar refractivity (Wildman–Crippen MR) is 145 cm³/mol. The van der Waals surface area contributed by atoms with Gasteiger partial charge in [0.25, 0.3) is 0 Å². The molecule has 14 heteroatoms. The summed E-state index contributed by atoms with van der Waals surface area (Å²) in [4.78, 5) is 65.7. The molecule has 10 nitrogen and oxygen atoms in total. The number of benzene rings is 1. The third-order valence-corrected chi connectivity index (χ3v) is 10.4. The normalized spacial score (nSPS) is 18.4. The molecule has 1 unspecified atom stereocenters. The number of nitrogens with zero attached hydrogens (tertiary/aromatic N) is 2. The van der Waals surface area contributed by atoms with Crippen molar-refractivity contribution in [3.63, 3.8) is 0 Å². The Bertz CT molecular complexity index is 1200. The maximum Gasteiger partial charge on any atom is 0.224 e. The number of hydrogen-bond donors (Lipinski definition) is 5. The highest BCUT2D eigenvalue weighted by molar-refractivity contribution is 8.14. The number of halogens is 1. The largest absolute Gasteiger partial charge is 0.492 e. The van der Waals surface area contributed by atoms with Crippen LogP contribution in [0.2, 0.25) is 0 Å². The van der Waals surface area contributed by atoms with Crippen LogP contribution in [0.15, 0.2) is 17.1 Å². The summed E-state index contributed by atoms with van der Waals surface area (Å²) < 4.78 is 23.1. The maximum absolute atomic E-state index is 15.5. The number of aromatic nitrogens is 1. The SMILES string of the molecule is COc1c(N2CCNC(C)C2)c(F)cc2c(=O)c(C(=O)SCCCC(P(O)O)P(O)O)cn(C3CC3)c12. The predicted octanol–water partition coefficient (Wildman–Crippen LogP) is 2.85. The van der Waals surface area contributed by atoms with Gasteiger partial charge in [-0.15, -0.1) is 0 Å². The van der Waals surface area contributed by atoms with E-state index < -0.39 is 38.5 Å². The summed E-state index contributed by atoms with van der Waals surface area (Å²) in [6, 6.07) is 1.45. The number of carbonyl (C=O) groups is 1. The molecule has 1 atom stereocenters. The second-order valence-corrected chi connectivity index (χ2v) is 13.4. The molecule has 2 aromatic rings. The molecule has 5 N–H and O–H groups in total. The lowest BCUT2D eigenvalue weighted by molar-refractivity contribution is 0.108. The van der Waals surface area contributed by atoms with E-state index in [0.29, 0.717) is 43.0 Å². The molecule has 2 heterocycles. The molecule has 0 radical (unpaired) electrons. The number of methoxy groups -OCH3 is 1. The van der Waals surface area contributed by atoms with E-state index in [9.17, 15) is 29.2 Å². The third kappa shape index (κ3) is 6.28. The lowest BCUT2D eigenvalue weighted by atomic mass is 10.1. The molecule has 0 spiro atoms. The highest BCUT2D eigenvalue weighted by Gasteiger charge is 2.32. The fraction of sp³-hybridized carbons (Fsp3) is 0.565. The Morgan fingerprint density at radius 1 is 1.30 bits per heavy atom. The number of carbonyl (C=O) groups excluding carboxylic acids is 1. The van der Waals surface area contributed by atoms with Gasteiger partial charge in [0.1, 0.15) is 5.69 Å². The zero-order chi connectivity index (χ0) is 26.9. The van der Waals surface area contributed by atoms with Gasteiger partial charge in [-0.1, -0.05) is 11.8 Å². The summed E-state index contributed by atoms with van der Waals surface area (Å²) in [5, 5.41) is 1.93. The zero-order valence-corrected chi connectivity index (χ0v) is 23.2. The number of fused-ring (bicyclic) bond motifs is 1. The number of rotatable bonds is 10. The standard InChI is InChI=1S/C23H32FN3O7P2S/c1-13-11-26(8-7-25-13)20-17(24)10-15-19(22(20)34-2)27(14-5-6-14)12-16(21(15)28)23(29)37-9-3-4-18(35(30)31)36(32)33/h10,12-14,18,25,30-33H,3-9,11H2,1-2H3. The lowest BCUT2D eigenvalue weighted by Gasteiger charge is -2.35. The number of ether oxygens (including phenoxy) is 1. The van der Waals surface area contributed by atoms with Crippen LogP contribution in [0.1, 0.15) is 49.0 Å².